The Bertz CT molecular complexity index is 1010. The van der Waals surface area contributed by atoms with Gasteiger partial charge in [-0.3, -0.25) is 0 Å². The lowest BCUT2D eigenvalue weighted by Gasteiger charge is -2.21. The highest BCUT2D eigenvalue weighted by molar-refractivity contribution is 6.36. The molecule has 0 fully saturated rings. The van der Waals surface area contributed by atoms with E-state index < -0.39 is 5.97 Å². The van der Waals surface area contributed by atoms with E-state index in [1.807, 2.05) is 42.3 Å². The average molecular weight is 417 g/mol. The zero-order chi connectivity index (χ0) is 20.3. The van der Waals surface area contributed by atoms with Gasteiger partial charge in [-0.2, -0.15) is 0 Å². The molecule has 0 radical (unpaired) electrons. The van der Waals surface area contributed by atoms with Gasteiger partial charge in [0.2, 0.25) is 0 Å². The first kappa shape index (κ1) is 19.9. The molecule has 7 heteroatoms. The zero-order valence-electron chi connectivity index (χ0n) is 15.2. The zero-order valence-corrected chi connectivity index (χ0v) is 16.8. The predicted octanol–water partition coefficient (Wildman–Crippen LogP) is 6.21. The molecule has 0 aromatic heterocycles. The summed E-state index contributed by atoms with van der Waals surface area (Å²) in [5.74, 6) is -0.546. The van der Waals surface area contributed by atoms with Gasteiger partial charge in [-0.25, -0.2) is 4.79 Å². The molecule has 0 amide bonds. The summed E-state index contributed by atoms with van der Waals surface area (Å²) in [5.41, 5.74) is 3.12. The summed E-state index contributed by atoms with van der Waals surface area (Å²) in [6, 6.07) is 17.8. The van der Waals surface area contributed by atoms with Crippen molar-refractivity contribution in [3.8, 4) is 5.75 Å². The Kier molecular flexibility index (Phi) is 5.97. The topological polar surface area (TPSA) is 61.8 Å². The van der Waals surface area contributed by atoms with Crippen LogP contribution in [0.4, 0.5) is 22.7 Å². The fourth-order valence-corrected chi connectivity index (χ4v) is 3.29. The van der Waals surface area contributed by atoms with Crippen LogP contribution >= 0.6 is 23.2 Å². The number of hydrogen-bond acceptors (Lipinski definition) is 4. The summed E-state index contributed by atoms with van der Waals surface area (Å²) >= 11 is 12.2. The first-order chi connectivity index (χ1) is 13.4. The first-order valence-electron chi connectivity index (χ1n) is 8.36. The molecule has 0 spiro atoms. The van der Waals surface area contributed by atoms with Gasteiger partial charge in [0.05, 0.1) is 29.1 Å². The van der Waals surface area contributed by atoms with Crippen molar-refractivity contribution in [2.24, 2.45) is 0 Å². The average Bonchev–Trinajstić information content (AvgIpc) is 2.68. The quantitative estimate of drug-likeness (QED) is 0.499. The van der Waals surface area contributed by atoms with E-state index in [1.54, 1.807) is 24.3 Å². The van der Waals surface area contributed by atoms with Gasteiger partial charge < -0.3 is 20.1 Å². The van der Waals surface area contributed by atoms with Crippen molar-refractivity contribution in [1.82, 2.24) is 0 Å². The lowest BCUT2D eigenvalue weighted by Crippen LogP contribution is -2.10. The minimum absolute atomic E-state index is 0.133. The fourth-order valence-electron chi connectivity index (χ4n) is 2.75. The molecule has 3 aromatic rings. The Morgan fingerprint density at radius 1 is 1.04 bits per heavy atom. The van der Waals surface area contributed by atoms with Crippen LogP contribution in [-0.2, 0) is 0 Å². The van der Waals surface area contributed by atoms with Crippen molar-refractivity contribution in [2.75, 3.05) is 24.4 Å². The number of benzene rings is 3. The van der Waals surface area contributed by atoms with E-state index in [9.17, 15) is 9.90 Å². The molecule has 0 atom stereocenters. The molecule has 0 heterocycles. The monoisotopic (exact) mass is 416 g/mol. The molecular formula is C21H18Cl2N2O3. The fraction of sp³-hybridized carbons (Fsp3) is 0.0952. The van der Waals surface area contributed by atoms with Gasteiger partial charge in [-0.15, -0.1) is 0 Å². The molecule has 0 saturated heterocycles. The third-order valence-corrected chi connectivity index (χ3v) is 4.80. The van der Waals surface area contributed by atoms with Gasteiger partial charge in [0.1, 0.15) is 5.75 Å². The number of anilines is 4. The number of rotatable bonds is 6. The second kappa shape index (κ2) is 8.42. The van der Waals surface area contributed by atoms with Gasteiger partial charge in [0.15, 0.2) is 0 Å². The Labute approximate surface area is 173 Å². The molecule has 3 aromatic carbocycles. The third kappa shape index (κ3) is 4.32. The number of ether oxygens (including phenoxy) is 1. The van der Waals surface area contributed by atoms with Crippen LogP contribution in [0.3, 0.4) is 0 Å². The minimum atomic E-state index is -1.03. The molecule has 0 aliphatic heterocycles. The maximum absolute atomic E-state index is 11.5. The number of halogens is 2. The lowest BCUT2D eigenvalue weighted by molar-refractivity contribution is 0.0697. The van der Waals surface area contributed by atoms with Gasteiger partial charge in [-0.05, 0) is 60.7 Å². The molecule has 0 unspecified atom stereocenters. The third-order valence-electron chi connectivity index (χ3n) is 4.26. The van der Waals surface area contributed by atoms with E-state index in [-0.39, 0.29) is 5.56 Å². The van der Waals surface area contributed by atoms with Crippen LogP contribution in [0.2, 0.25) is 10.0 Å². The van der Waals surface area contributed by atoms with Gasteiger partial charge >= 0.3 is 5.97 Å². The Morgan fingerprint density at radius 3 is 2.36 bits per heavy atom. The SMILES string of the molecule is COc1ccc(Nc2ccc(N(C)c3ccc(Cl)cc3Cl)cc2)c(C(=O)O)c1. The van der Waals surface area contributed by atoms with E-state index in [2.05, 4.69) is 5.32 Å². The van der Waals surface area contributed by atoms with Crippen LogP contribution in [0.1, 0.15) is 10.4 Å². The Hall–Kier alpha value is -2.89. The number of carbonyl (C=O) groups is 1. The molecule has 5 nitrogen and oxygen atoms in total. The number of nitrogens with one attached hydrogen (secondary N) is 1. The maximum atomic E-state index is 11.5. The number of carboxylic acid groups (broad SMARTS) is 1. The highest BCUT2D eigenvalue weighted by Crippen LogP contribution is 2.33. The van der Waals surface area contributed by atoms with Crippen LogP contribution < -0.4 is 15.0 Å². The summed E-state index contributed by atoms with van der Waals surface area (Å²) in [4.78, 5) is 13.5. The molecule has 0 saturated carbocycles. The normalized spacial score (nSPS) is 10.4. The molecule has 144 valence electrons. The van der Waals surface area contributed by atoms with Crippen LogP contribution in [0, 0.1) is 0 Å². The number of methoxy groups -OCH3 is 1. The highest BCUT2D eigenvalue weighted by Gasteiger charge is 2.13. The van der Waals surface area contributed by atoms with Crippen molar-refractivity contribution in [2.45, 2.75) is 0 Å². The second-order valence-electron chi connectivity index (χ2n) is 6.04. The molecule has 0 bridgehead atoms. The summed E-state index contributed by atoms with van der Waals surface area (Å²) in [5, 5.41) is 13.7. The van der Waals surface area contributed by atoms with Gasteiger partial charge in [0, 0.05) is 23.4 Å². The standard InChI is InChI=1S/C21H18Cl2N2O3/c1-25(20-10-3-13(22)11-18(20)23)15-6-4-14(5-7-15)24-19-9-8-16(28-2)12-17(19)21(26)27/h3-12,24H,1-2H3,(H,26,27). The highest BCUT2D eigenvalue weighted by atomic mass is 35.5. The van der Waals surface area contributed by atoms with Gasteiger partial charge in [0.25, 0.3) is 0 Å². The van der Waals surface area contributed by atoms with Crippen LogP contribution in [-0.4, -0.2) is 25.2 Å². The predicted molar refractivity (Wildman–Crippen MR) is 114 cm³/mol. The number of hydrogen-bond donors (Lipinski definition) is 2. The largest absolute Gasteiger partial charge is 0.497 e. The molecule has 0 aliphatic carbocycles. The first-order valence-corrected chi connectivity index (χ1v) is 9.12. The van der Waals surface area contributed by atoms with E-state index in [0.29, 0.717) is 21.5 Å². The summed E-state index contributed by atoms with van der Waals surface area (Å²) in [7, 11) is 3.40. The van der Waals surface area contributed by atoms with Crippen molar-refractivity contribution < 1.29 is 14.6 Å². The lowest BCUT2D eigenvalue weighted by atomic mass is 10.1. The Morgan fingerprint density at radius 2 is 1.75 bits per heavy atom. The summed E-state index contributed by atoms with van der Waals surface area (Å²) in [6.45, 7) is 0. The van der Waals surface area contributed by atoms with Crippen LogP contribution in [0.5, 0.6) is 5.75 Å². The van der Waals surface area contributed by atoms with Crippen LogP contribution in [0.15, 0.2) is 60.7 Å². The molecule has 3 rings (SSSR count). The van der Waals surface area contributed by atoms with Crippen molar-refractivity contribution in [3.63, 3.8) is 0 Å². The molecule has 28 heavy (non-hydrogen) atoms. The second-order valence-corrected chi connectivity index (χ2v) is 6.89. The summed E-state index contributed by atoms with van der Waals surface area (Å²) < 4.78 is 5.10. The van der Waals surface area contributed by atoms with Crippen molar-refractivity contribution >= 4 is 51.9 Å². The number of aromatic carboxylic acids is 1. The Balaban J connectivity index is 1.82. The van der Waals surface area contributed by atoms with E-state index in [4.69, 9.17) is 27.9 Å². The van der Waals surface area contributed by atoms with Crippen LogP contribution in [0.25, 0.3) is 0 Å². The van der Waals surface area contributed by atoms with E-state index >= 15 is 0 Å². The van der Waals surface area contributed by atoms with E-state index in [1.165, 1.54) is 13.2 Å². The molecule has 0 aliphatic rings. The number of nitrogens with zero attached hydrogens (tertiary/aromatic N) is 1. The van der Waals surface area contributed by atoms with Gasteiger partial charge in [-0.1, -0.05) is 23.2 Å². The van der Waals surface area contributed by atoms with Crippen molar-refractivity contribution in [3.05, 3.63) is 76.3 Å². The molecular weight excluding hydrogens is 399 g/mol. The summed E-state index contributed by atoms with van der Waals surface area (Å²) in [6.07, 6.45) is 0. The smallest absolute Gasteiger partial charge is 0.337 e. The van der Waals surface area contributed by atoms with Crippen molar-refractivity contribution in [1.29, 1.82) is 0 Å². The molecule has 2 N–H and O–H groups in total. The van der Waals surface area contributed by atoms with E-state index in [0.717, 1.165) is 17.1 Å². The maximum Gasteiger partial charge on any atom is 0.337 e. The number of carboxylic acids is 1. The minimum Gasteiger partial charge on any atom is -0.497 e.